The molecule has 0 radical (unpaired) electrons. The number of carbonyl (C=O) groups excluding carboxylic acids is 3. The third-order valence-corrected chi connectivity index (χ3v) is 4.21. The van der Waals surface area contributed by atoms with Crippen LogP contribution >= 0.6 is 0 Å². The van der Waals surface area contributed by atoms with Gasteiger partial charge in [0.15, 0.2) is 0 Å². The Labute approximate surface area is 184 Å². The normalized spacial score (nSPS) is 12.7. The number of Topliss-reactive ketones (excluding diaryl/α,β-unsaturated/α-hetero) is 1. The highest BCUT2D eigenvalue weighted by Gasteiger charge is 2.39. The van der Waals surface area contributed by atoms with Gasteiger partial charge in [-0.05, 0) is 31.9 Å². The third-order valence-electron chi connectivity index (χ3n) is 4.21. The number of nitrogens with one attached hydrogen (secondary N) is 2. The summed E-state index contributed by atoms with van der Waals surface area (Å²) in [6.07, 6.45) is -7.73. The minimum Gasteiger partial charge on any atom is -0.444 e. The van der Waals surface area contributed by atoms with Crippen LogP contribution in [0.4, 0.5) is 18.0 Å². The quantitative estimate of drug-likeness (QED) is 0.616. The monoisotopic (exact) mass is 450 g/mol. The summed E-state index contributed by atoms with van der Waals surface area (Å²) < 4.78 is 44.0. The summed E-state index contributed by atoms with van der Waals surface area (Å²) in [5.41, 5.74) is 0.267. The lowest BCUT2D eigenvalue weighted by Crippen LogP contribution is -2.51. The van der Waals surface area contributed by atoms with Crippen LogP contribution in [0.1, 0.15) is 44.4 Å². The SMILES string of the molecule is CC(C)(C)OC(=O)NC(CC(F)(F)F)C(=O)C(=O)NC(c1ccccc1)c1ccccc1. The van der Waals surface area contributed by atoms with Gasteiger partial charge in [-0.15, -0.1) is 0 Å². The number of halogens is 3. The maximum atomic E-state index is 13.0. The number of benzene rings is 2. The number of hydrogen-bond donors (Lipinski definition) is 2. The Bertz CT molecular complexity index is 886. The number of ketones is 1. The van der Waals surface area contributed by atoms with Crippen molar-refractivity contribution in [3.63, 3.8) is 0 Å². The molecule has 0 spiro atoms. The van der Waals surface area contributed by atoms with Crippen LogP contribution in [0.25, 0.3) is 0 Å². The van der Waals surface area contributed by atoms with Gasteiger partial charge in [-0.25, -0.2) is 4.79 Å². The zero-order valence-corrected chi connectivity index (χ0v) is 17.9. The molecule has 1 atom stereocenters. The Hall–Kier alpha value is -3.36. The van der Waals surface area contributed by atoms with Crippen LogP contribution in [0.2, 0.25) is 0 Å². The summed E-state index contributed by atoms with van der Waals surface area (Å²) in [6, 6.07) is 14.4. The van der Waals surface area contributed by atoms with Gasteiger partial charge in [0.25, 0.3) is 5.91 Å². The topological polar surface area (TPSA) is 84.5 Å². The highest BCUT2D eigenvalue weighted by molar-refractivity contribution is 6.38. The maximum Gasteiger partial charge on any atom is 0.408 e. The first-order valence-corrected chi connectivity index (χ1v) is 9.86. The molecular formula is C23H25F3N2O4. The van der Waals surface area contributed by atoms with Gasteiger partial charge >= 0.3 is 12.3 Å². The summed E-state index contributed by atoms with van der Waals surface area (Å²) in [5, 5.41) is 4.36. The number of carbonyl (C=O) groups is 3. The molecule has 0 aliphatic heterocycles. The first-order valence-electron chi connectivity index (χ1n) is 9.86. The molecule has 2 aromatic rings. The van der Waals surface area contributed by atoms with E-state index >= 15 is 0 Å². The molecular weight excluding hydrogens is 425 g/mol. The highest BCUT2D eigenvalue weighted by Crippen LogP contribution is 2.24. The van der Waals surface area contributed by atoms with Gasteiger partial charge in [-0.1, -0.05) is 60.7 Å². The van der Waals surface area contributed by atoms with E-state index in [-0.39, 0.29) is 0 Å². The van der Waals surface area contributed by atoms with Crippen molar-refractivity contribution in [2.45, 2.75) is 51.1 Å². The van der Waals surface area contributed by atoms with Crippen molar-refractivity contribution < 1.29 is 32.3 Å². The van der Waals surface area contributed by atoms with E-state index in [1.54, 1.807) is 60.7 Å². The van der Waals surface area contributed by atoms with Gasteiger partial charge in [-0.3, -0.25) is 9.59 Å². The standard InChI is InChI=1S/C23H25F3N2O4/c1-22(2,3)32-21(31)27-17(14-23(24,25)26)19(29)20(30)28-18(15-10-6-4-7-11-15)16-12-8-5-9-13-16/h4-13,17-18H,14H2,1-3H3,(H,27,31)(H,28,30). The molecule has 0 saturated carbocycles. The molecule has 6 nitrogen and oxygen atoms in total. The first kappa shape index (κ1) is 24.9. The van der Waals surface area contributed by atoms with Crippen LogP contribution < -0.4 is 10.6 Å². The van der Waals surface area contributed by atoms with E-state index in [2.05, 4.69) is 5.32 Å². The Morgan fingerprint density at radius 2 is 1.31 bits per heavy atom. The number of hydrogen-bond acceptors (Lipinski definition) is 4. The number of ether oxygens (including phenoxy) is 1. The summed E-state index contributed by atoms with van der Waals surface area (Å²) in [6.45, 7) is 4.55. The second-order valence-electron chi connectivity index (χ2n) is 8.11. The van der Waals surface area contributed by atoms with Crippen LogP contribution in [-0.4, -0.2) is 35.6 Å². The van der Waals surface area contributed by atoms with E-state index in [4.69, 9.17) is 4.74 Å². The Kier molecular flexibility index (Phi) is 8.02. The lowest BCUT2D eigenvalue weighted by molar-refractivity contribution is -0.152. The number of amides is 2. The molecule has 2 aromatic carbocycles. The fourth-order valence-electron chi connectivity index (χ4n) is 2.90. The minimum absolute atomic E-state index is 0.632. The van der Waals surface area contributed by atoms with Crippen molar-refractivity contribution in [2.75, 3.05) is 0 Å². The average molecular weight is 450 g/mol. The van der Waals surface area contributed by atoms with Crippen molar-refractivity contribution >= 4 is 17.8 Å². The predicted octanol–water partition coefficient (Wildman–Crippen LogP) is 4.31. The molecule has 172 valence electrons. The largest absolute Gasteiger partial charge is 0.444 e. The Balaban J connectivity index is 2.25. The molecule has 0 heterocycles. The molecule has 9 heteroatoms. The van der Waals surface area contributed by atoms with Crippen LogP contribution in [0.15, 0.2) is 60.7 Å². The second-order valence-corrected chi connectivity index (χ2v) is 8.11. The lowest BCUT2D eigenvalue weighted by atomic mass is 9.98. The van der Waals surface area contributed by atoms with Gasteiger partial charge in [0, 0.05) is 0 Å². The second kappa shape index (κ2) is 10.3. The molecule has 0 saturated heterocycles. The summed E-state index contributed by atoms with van der Waals surface area (Å²) in [4.78, 5) is 37.3. The summed E-state index contributed by atoms with van der Waals surface area (Å²) >= 11 is 0. The van der Waals surface area contributed by atoms with E-state index < -0.39 is 48.1 Å². The molecule has 0 aliphatic carbocycles. The van der Waals surface area contributed by atoms with Crippen LogP contribution in [-0.2, 0) is 14.3 Å². The average Bonchev–Trinajstić information content (AvgIpc) is 2.69. The van der Waals surface area contributed by atoms with Gasteiger partial charge in [0.05, 0.1) is 12.5 Å². The maximum absolute atomic E-state index is 13.0. The lowest BCUT2D eigenvalue weighted by Gasteiger charge is -2.24. The molecule has 32 heavy (non-hydrogen) atoms. The fraction of sp³-hybridized carbons (Fsp3) is 0.348. The van der Waals surface area contributed by atoms with Crippen molar-refractivity contribution in [1.82, 2.24) is 10.6 Å². The number of rotatable bonds is 7. The van der Waals surface area contributed by atoms with Crippen molar-refractivity contribution in [3.05, 3.63) is 71.8 Å². The molecule has 0 aliphatic rings. The molecule has 0 fully saturated rings. The van der Waals surface area contributed by atoms with Gasteiger partial charge < -0.3 is 15.4 Å². The molecule has 0 aromatic heterocycles. The zero-order valence-electron chi connectivity index (χ0n) is 17.9. The molecule has 2 rings (SSSR count). The first-order chi connectivity index (χ1) is 14.9. The van der Waals surface area contributed by atoms with Gasteiger partial charge in [-0.2, -0.15) is 13.2 Å². The van der Waals surface area contributed by atoms with E-state index in [9.17, 15) is 27.6 Å². The van der Waals surface area contributed by atoms with E-state index in [1.165, 1.54) is 20.8 Å². The van der Waals surface area contributed by atoms with Gasteiger partial charge in [0.1, 0.15) is 11.6 Å². The highest BCUT2D eigenvalue weighted by atomic mass is 19.4. The zero-order chi connectivity index (χ0) is 23.9. The van der Waals surface area contributed by atoms with Crippen LogP contribution in [0.3, 0.4) is 0 Å². The minimum atomic E-state index is -4.80. The number of alkyl carbamates (subject to hydrolysis) is 1. The molecule has 0 bridgehead atoms. The smallest absolute Gasteiger partial charge is 0.408 e. The van der Waals surface area contributed by atoms with E-state index in [0.717, 1.165) is 0 Å². The van der Waals surface area contributed by atoms with E-state index in [1.807, 2.05) is 5.32 Å². The molecule has 2 N–H and O–H groups in total. The van der Waals surface area contributed by atoms with Crippen molar-refractivity contribution in [3.8, 4) is 0 Å². The van der Waals surface area contributed by atoms with Gasteiger partial charge in [0.2, 0.25) is 5.78 Å². The predicted molar refractivity (Wildman–Crippen MR) is 112 cm³/mol. The fourth-order valence-corrected chi connectivity index (χ4v) is 2.90. The summed E-state index contributed by atoms with van der Waals surface area (Å²) in [5.74, 6) is -2.68. The van der Waals surface area contributed by atoms with Crippen molar-refractivity contribution in [2.24, 2.45) is 0 Å². The van der Waals surface area contributed by atoms with Crippen molar-refractivity contribution in [1.29, 1.82) is 0 Å². The Morgan fingerprint density at radius 1 is 0.844 bits per heavy atom. The summed E-state index contributed by atoms with van der Waals surface area (Å²) in [7, 11) is 0. The third kappa shape index (κ3) is 8.05. The van der Waals surface area contributed by atoms with E-state index in [0.29, 0.717) is 11.1 Å². The van der Waals surface area contributed by atoms with Crippen LogP contribution in [0, 0.1) is 0 Å². The Morgan fingerprint density at radius 3 is 1.72 bits per heavy atom. The van der Waals surface area contributed by atoms with Crippen LogP contribution in [0.5, 0.6) is 0 Å². The molecule has 1 unspecified atom stereocenters. The number of alkyl halides is 3. The molecule has 2 amide bonds.